The van der Waals surface area contributed by atoms with Crippen LogP contribution in [0.1, 0.15) is 39.6 Å². The molecule has 1 aromatic heterocycles. The van der Waals surface area contributed by atoms with Crippen molar-refractivity contribution in [2.75, 3.05) is 14.2 Å². The van der Waals surface area contributed by atoms with Crippen molar-refractivity contribution in [1.82, 2.24) is 4.72 Å². The number of hydrogen-bond acceptors (Lipinski definition) is 7. The molecule has 1 aliphatic rings. The van der Waals surface area contributed by atoms with Crippen LogP contribution in [0.5, 0.6) is 0 Å². The number of sulfonamides is 1. The maximum absolute atomic E-state index is 14.1. The molecule has 0 bridgehead atoms. The molecule has 0 unspecified atom stereocenters. The molecule has 1 aliphatic heterocycles. The Balaban J connectivity index is 1.45. The molecular weight excluding hydrogens is 761 g/mol. The lowest BCUT2D eigenvalue weighted by atomic mass is 9.71. The quantitative estimate of drug-likeness (QED) is 0.104. The lowest BCUT2D eigenvalue weighted by Crippen LogP contribution is -2.56. The van der Waals surface area contributed by atoms with E-state index in [2.05, 4.69) is 30.9 Å². The molecule has 58 heavy (non-hydrogen) atoms. The molecule has 1 fully saturated rings. The fraction of sp³-hybridized carbons (Fsp3) is 0.234. The summed E-state index contributed by atoms with van der Waals surface area (Å²) >= 11 is 0. The monoisotopic (exact) mass is 811 g/mol. The van der Waals surface area contributed by atoms with Gasteiger partial charge in [-0.2, -0.15) is 4.72 Å². The standard InChI is InChI=1S/C47H50BNO7SSi/c1-34-28-30-40(31-29-34)57(50,51)49-42(35(2)58(5,6)7)43-41(32-33-54-43)48-55-44(46(52-3,36-20-12-8-13-21-36)37-22-14-9-15-23-37)45(56-48)47(53-4,38-24-16-10-17-25-38)39-26-18-11-19-27-39/h8-33,42,44-45,49H,2H2,1,3-7H3/t42-,44+,45+/m0/s1. The van der Waals surface area contributed by atoms with E-state index in [1.54, 1.807) is 50.8 Å². The zero-order chi connectivity index (χ0) is 41.1. The van der Waals surface area contributed by atoms with E-state index in [0.29, 0.717) is 11.2 Å². The molecule has 0 radical (unpaired) electrons. The van der Waals surface area contributed by atoms with Gasteiger partial charge in [0.2, 0.25) is 10.0 Å². The maximum Gasteiger partial charge on any atom is 0.498 e. The van der Waals surface area contributed by atoms with Gasteiger partial charge in [0.25, 0.3) is 0 Å². The van der Waals surface area contributed by atoms with Crippen molar-refractivity contribution in [3.8, 4) is 0 Å². The van der Waals surface area contributed by atoms with Crippen molar-refractivity contribution >= 4 is 30.7 Å². The fourth-order valence-corrected chi connectivity index (χ4v) is 10.4. The van der Waals surface area contributed by atoms with Gasteiger partial charge in [0, 0.05) is 19.7 Å². The van der Waals surface area contributed by atoms with Gasteiger partial charge in [-0.25, -0.2) is 8.42 Å². The van der Waals surface area contributed by atoms with Gasteiger partial charge >= 0.3 is 7.12 Å². The van der Waals surface area contributed by atoms with Crippen LogP contribution in [0, 0.1) is 6.92 Å². The van der Waals surface area contributed by atoms with Crippen LogP contribution in [0.4, 0.5) is 0 Å². The van der Waals surface area contributed by atoms with Crippen LogP contribution in [-0.2, 0) is 40.0 Å². The number of benzene rings is 5. The highest BCUT2D eigenvalue weighted by Crippen LogP contribution is 2.50. The summed E-state index contributed by atoms with van der Waals surface area (Å²) in [5, 5.41) is 0.727. The Hall–Kier alpha value is -4.85. The van der Waals surface area contributed by atoms with Gasteiger partial charge in [0.1, 0.15) is 29.2 Å². The highest BCUT2D eigenvalue weighted by molar-refractivity contribution is 7.89. The molecule has 1 saturated heterocycles. The zero-order valence-electron chi connectivity index (χ0n) is 33.8. The van der Waals surface area contributed by atoms with Crippen LogP contribution in [0.2, 0.25) is 19.6 Å². The Morgan fingerprint density at radius 1 is 0.672 bits per heavy atom. The smallest absolute Gasteiger partial charge is 0.468 e. The van der Waals surface area contributed by atoms with Crippen LogP contribution in [0.3, 0.4) is 0 Å². The Bertz CT molecular complexity index is 2230. The Kier molecular flexibility index (Phi) is 12.0. The molecule has 6 aromatic rings. The number of nitrogens with one attached hydrogen (secondary N) is 1. The number of rotatable bonds is 15. The minimum atomic E-state index is -4.04. The van der Waals surface area contributed by atoms with E-state index < -0.39 is 54.7 Å². The molecule has 11 heteroatoms. The van der Waals surface area contributed by atoms with E-state index >= 15 is 0 Å². The molecule has 0 spiro atoms. The molecule has 1 N–H and O–H groups in total. The van der Waals surface area contributed by atoms with E-state index in [9.17, 15) is 8.42 Å². The third-order valence-corrected chi connectivity index (χ3v) is 14.9. The van der Waals surface area contributed by atoms with E-state index in [1.807, 2.05) is 128 Å². The zero-order valence-corrected chi connectivity index (χ0v) is 35.6. The Morgan fingerprint density at radius 2 is 1.07 bits per heavy atom. The van der Waals surface area contributed by atoms with Gasteiger partial charge in [-0.3, -0.25) is 0 Å². The summed E-state index contributed by atoms with van der Waals surface area (Å²) < 4.78 is 65.8. The van der Waals surface area contributed by atoms with Gasteiger partial charge in [0.05, 0.1) is 25.3 Å². The van der Waals surface area contributed by atoms with E-state index in [-0.39, 0.29) is 4.90 Å². The molecule has 0 amide bonds. The summed E-state index contributed by atoms with van der Waals surface area (Å²) in [6.45, 7) is 12.8. The van der Waals surface area contributed by atoms with Crippen molar-refractivity contribution in [2.24, 2.45) is 0 Å². The van der Waals surface area contributed by atoms with Crippen molar-refractivity contribution < 1.29 is 31.6 Å². The van der Waals surface area contributed by atoms with E-state index in [0.717, 1.165) is 33.0 Å². The lowest BCUT2D eigenvalue weighted by molar-refractivity contribution is -0.136. The SMILES string of the molecule is C=C([C@H](NS(=O)(=O)c1ccc(C)cc1)c1occc1B1O[C@@H](C(OC)(c2ccccc2)c2ccccc2)[C@H](C(OC)(c2ccccc2)c2ccccc2)O1)[Si](C)(C)C. The predicted molar refractivity (Wildman–Crippen MR) is 232 cm³/mol. The first-order valence-electron chi connectivity index (χ1n) is 19.4. The Morgan fingerprint density at radius 3 is 1.43 bits per heavy atom. The second-order valence-corrected chi connectivity index (χ2v) is 22.5. The number of methoxy groups -OCH3 is 2. The first-order valence-corrected chi connectivity index (χ1v) is 24.3. The van der Waals surface area contributed by atoms with Crippen LogP contribution in [-0.4, -0.2) is 50.0 Å². The number of aryl methyl sites for hydroxylation is 1. The average molecular weight is 812 g/mol. The topological polar surface area (TPSA) is 96.2 Å². The molecule has 7 rings (SSSR count). The third-order valence-electron chi connectivity index (χ3n) is 11.2. The highest BCUT2D eigenvalue weighted by atomic mass is 32.2. The molecule has 3 atom stereocenters. The van der Waals surface area contributed by atoms with Crippen LogP contribution in [0.15, 0.2) is 179 Å². The largest absolute Gasteiger partial charge is 0.498 e. The number of ether oxygens (including phenoxy) is 2. The first kappa shape index (κ1) is 41.3. The molecule has 2 heterocycles. The molecular formula is C47H50BNO7SSi. The summed E-state index contributed by atoms with van der Waals surface area (Å²) in [4.78, 5) is 0.138. The first-order chi connectivity index (χ1) is 27.9. The van der Waals surface area contributed by atoms with Crippen LogP contribution >= 0.6 is 0 Å². The third kappa shape index (κ3) is 7.60. The molecule has 8 nitrogen and oxygen atoms in total. The normalized spacial score (nSPS) is 17.0. The Labute approximate surface area is 344 Å². The van der Waals surface area contributed by atoms with E-state index in [4.69, 9.17) is 23.2 Å². The molecule has 0 saturated carbocycles. The molecule has 298 valence electrons. The van der Waals surface area contributed by atoms with Crippen molar-refractivity contribution in [3.05, 3.63) is 203 Å². The number of furan rings is 1. The highest BCUT2D eigenvalue weighted by Gasteiger charge is 2.62. The number of hydrogen-bond donors (Lipinski definition) is 1. The van der Waals surface area contributed by atoms with Crippen LogP contribution < -0.4 is 10.2 Å². The lowest BCUT2D eigenvalue weighted by Gasteiger charge is -2.46. The van der Waals surface area contributed by atoms with Crippen LogP contribution in [0.25, 0.3) is 0 Å². The summed E-state index contributed by atoms with van der Waals surface area (Å²) in [5.74, 6) is 0.331. The summed E-state index contributed by atoms with van der Waals surface area (Å²) in [6, 6.07) is 47.5. The average Bonchev–Trinajstić information content (AvgIpc) is 3.91. The van der Waals surface area contributed by atoms with Gasteiger partial charge in [0.15, 0.2) is 0 Å². The minimum absolute atomic E-state index is 0.138. The molecule has 5 aromatic carbocycles. The summed E-state index contributed by atoms with van der Waals surface area (Å²) in [5.41, 5.74) is 2.36. The van der Waals surface area contributed by atoms with Gasteiger partial charge in [-0.1, -0.05) is 164 Å². The predicted octanol–water partition coefficient (Wildman–Crippen LogP) is 8.70. The van der Waals surface area contributed by atoms with E-state index in [1.165, 1.54) is 0 Å². The maximum atomic E-state index is 14.1. The second kappa shape index (κ2) is 16.8. The summed E-state index contributed by atoms with van der Waals surface area (Å²) in [6.07, 6.45) is -0.211. The second-order valence-electron chi connectivity index (χ2n) is 15.7. The van der Waals surface area contributed by atoms with Crippen molar-refractivity contribution in [1.29, 1.82) is 0 Å². The van der Waals surface area contributed by atoms with Crippen molar-refractivity contribution in [2.45, 2.75) is 60.9 Å². The van der Waals surface area contributed by atoms with Gasteiger partial charge < -0.3 is 23.2 Å². The summed E-state index contributed by atoms with van der Waals surface area (Å²) in [7, 11) is -3.97. The fourth-order valence-electron chi connectivity index (χ4n) is 8.06. The minimum Gasteiger partial charge on any atom is -0.468 e. The van der Waals surface area contributed by atoms with Crippen molar-refractivity contribution in [3.63, 3.8) is 0 Å². The molecule has 0 aliphatic carbocycles. The van der Waals surface area contributed by atoms with Gasteiger partial charge in [-0.15, -0.1) is 6.58 Å². The van der Waals surface area contributed by atoms with Gasteiger partial charge in [-0.05, 0) is 47.4 Å².